The summed E-state index contributed by atoms with van der Waals surface area (Å²) in [6.45, 7) is 6.59. The second kappa shape index (κ2) is 5.40. The third-order valence-electron chi connectivity index (χ3n) is 3.62. The predicted octanol–water partition coefficient (Wildman–Crippen LogP) is 2.40. The highest BCUT2D eigenvalue weighted by Crippen LogP contribution is 2.26. The lowest BCUT2D eigenvalue weighted by atomic mass is 10.0. The van der Waals surface area contributed by atoms with Crippen LogP contribution in [0.5, 0.6) is 0 Å². The first-order valence-corrected chi connectivity index (χ1v) is 6.50. The van der Waals surface area contributed by atoms with Crippen molar-refractivity contribution in [2.24, 2.45) is 11.8 Å². The second-order valence-electron chi connectivity index (χ2n) is 5.13. The molecule has 0 aliphatic rings. The van der Waals surface area contributed by atoms with Crippen LogP contribution in [0.25, 0.3) is 10.9 Å². The molecule has 2 aromatic rings. The number of aromatic nitrogens is 2. The summed E-state index contributed by atoms with van der Waals surface area (Å²) in [6.07, 6.45) is 0. The standard InChI is InChI=1S/C14H21N5/c1-9(2)10(3)19(4)13-11-7-5-6-8-12(11)16-14(17-13)18-15/h5-10H,15H2,1-4H3,(H,16,17,18). The van der Waals surface area contributed by atoms with E-state index >= 15 is 0 Å². The third kappa shape index (κ3) is 2.61. The molecule has 5 nitrogen and oxygen atoms in total. The van der Waals surface area contributed by atoms with Crippen molar-refractivity contribution in [1.82, 2.24) is 9.97 Å². The van der Waals surface area contributed by atoms with Gasteiger partial charge >= 0.3 is 0 Å². The van der Waals surface area contributed by atoms with Gasteiger partial charge in [0.1, 0.15) is 5.82 Å². The number of fused-ring (bicyclic) bond motifs is 1. The van der Waals surface area contributed by atoms with Gasteiger partial charge in [0, 0.05) is 18.5 Å². The molecule has 3 N–H and O–H groups in total. The van der Waals surface area contributed by atoms with Crippen molar-refractivity contribution in [1.29, 1.82) is 0 Å². The second-order valence-corrected chi connectivity index (χ2v) is 5.13. The Morgan fingerprint density at radius 1 is 1.16 bits per heavy atom. The highest BCUT2D eigenvalue weighted by atomic mass is 15.3. The Bertz CT molecular complexity index is 567. The van der Waals surface area contributed by atoms with Gasteiger partial charge in [-0.3, -0.25) is 5.43 Å². The lowest BCUT2D eigenvalue weighted by Crippen LogP contribution is -2.34. The molecular formula is C14H21N5. The largest absolute Gasteiger partial charge is 0.356 e. The van der Waals surface area contributed by atoms with Crippen molar-refractivity contribution in [3.63, 3.8) is 0 Å². The topological polar surface area (TPSA) is 67.1 Å². The molecule has 2 rings (SSSR count). The molecule has 5 heteroatoms. The van der Waals surface area contributed by atoms with Gasteiger partial charge in [0.15, 0.2) is 0 Å². The molecule has 102 valence electrons. The maximum Gasteiger partial charge on any atom is 0.239 e. The first-order chi connectivity index (χ1) is 9.04. The van der Waals surface area contributed by atoms with E-state index in [0.717, 1.165) is 16.7 Å². The molecule has 0 amide bonds. The highest BCUT2D eigenvalue weighted by Gasteiger charge is 2.18. The summed E-state index contributed by atoms with van der Waals surface area (Å²) in [6, 6.07) is 8.34. The van der Waals surface area contributed by atoms with Crippen LogP contribution < -0.4 is 16.2 Å². The molecule has 0 spiro atoms. The van der Waals surface area contributed by atoms with Gasteiger partial charge in [-0.1, -0.05) is 26.0 Å². The number of para-hydroxylation sites is 1. The van der Waals surface area contributed by atoms with Crippen molar-refractivity contribution >= 4 is 22.7 Å². The van der Waals surface area contributed by atoms with Crippen LogP contribution in [0.2, 0.25) is 0 Å². The van der Waals surface area contributed by atoms with Crippen LogP contribution >= 0.6 is 0 Å². The summed E-state index contributed by atoms with van der Waals surface area (Å²) in [7, 11) is 2.06. The average Bonchev–Trinajstić information content (AvgIpc) is 2.44. The summed E-state index contributed by atoms with van der Waals surface area (Å²) in [5.74, 6) is 7.33. The van der Waals surface area contributed by atoms with Gasteiger partial charge in [-0.05, 0) is 25.0 Å². The zero-order valence-electron chi connectivity index (χ0n) is 11.9. The Morgan fingerprint density at radius 3 is 2.47 bits per heavy atom. The molecule has 0 saturated heterocycles. The molecule has 1 aromatic heterocycles. The lowest BCUT2D eigenvalue weighted by molar-refractivity contribution is 0.503. The molecule has 0 bridgehead atoms. The van der Waals surface area contributed by atoms with E-state index in [2.05, 4.69) is 48.1 Å². The monoisotopic (exact) mass is 259 g/mol. The van der Waals surface area contributed by atoms with Crippen molar-refractivity contribution in [3.05, 3.63) is 24.3 Å². The van der Waals surface area contributed by atoms with Gasteiger partial charge < -0.3 is 4.90 Å². The fourth-order valence-electron chi connectivity index (χ4n) is 2.03. The fraction of sp³-hybridized carbons (Fsp3) is 0.429. The molecule has 1 aromatic carbocycles. The van der Waals surface area contributed by atoms with E-state index in [1.807, 2.05) is 24.3 Å². The van der Waals surface area contributed by atoms with E-state index < -0.39 is 0 Å². The van der Waals surface area contributed by atoms with Gasteiger partial charge in [0.05, 0.1) is 5.52 Å². The van der Waals surface area contributed by atoms with Crippen molar-refractivity contribution in [2.45, 2.75) is 26.8 Å². The van der Waals surface area contributed by atoms with E-state index in [9.17, 15) is 0 Å². The molecule has 1 atom stereocenters. The molecule has 0 aliphatic carbocycles. The molecule has 0 saturated carbocycles. The Balaban J connectivity index is 2.57. The Hall–Kier alpha value is -1.88. The maximum absolute atomic E-state index is 5.45. The van der Waals surface area contributed by atoms with Gasteiger partial charge in [0.2, 0.25) is 5.95 Å². The van der Waals surface area contributed by atoms with Crippen molar-refractivity contribution in [2.75, 3.05) is 17.4 Å². The van der Waals surface area contributed by atoms with Crippen LogP contribution in [-0.2, 0) is 0 Å². The number of benzene rings is 1. The number of hydrogen-bond acceptors (Lipinski definition) is 5. The number of rotatable bonds is 4. The molecule has 1 heterocycles. The summed E-state index contributed by atoms with van der Waals surface area (Å²) in [5, 5.41) is 1.04. The van der Waals surface area contributed by atoms with Crippen LogP contribution in [-0.4, -0.2) is 23.1 Å². The minimum absolute atomic E-state index is 0.379. The van der Waals surface area contributed by atoms with E-state index in [1.54, 1.807) is 0 Å². The maximum atomic E-state index is 5.45. The van der Waals surface area contributed by atoms with Gasteiger partial charge in [0.25, 0.3) is 0 Å². The summed E-state index contributed by atoms with van der Waals surface area (Å²) >= 11 is 0. The Labute approximate surface area is 113 Å². The minimum Gasteiger partial charge on any atom is -0.356 e. The van der Waals surface area contributed by atoms with Crippen LogP contribution in [0.1, 0.15) is 20.8 Å². The summed E-state index contributed by atoms with van der Waals surface area (Å²) < 4.78 is 0. The smallest absolute Gasteiger partial charge is 0.239 e. The molecule has 19 heavy (non-hydrogen) atoms. The number of hydrogen-bond donors (Lipinski definition) is 2. The van der Waals surface area contributed by atoms with E-state index in [4.69, 9.17) is 5.84 Å². The first kappa shape index (κ1) is 13.5. The molecule has 1 unspecified atom stereocenters. The van der Waals surface area contributed by atoms with Crippen LogP contribution in [0.4, 0.5) is 11.8 Å². The fourth-order valence-corrected chi connectivity index (χ4v) is 2.03. The van der Waals surface area contributed by atoms with Crippen LogP contribution in [0, 0.1) is 5.92 Å². The van der Waals surface area contributed by atoms with Gasteiger partial charge in [-0.2, -0.15) is 4.98 Å². The predicted molar refractivity (Wildman–Crippen MR) is 80.1 cm³/mol. The Kier molecular flexibility index (Phi) is 3.85. The number of hydrazine groups is 1. The molecule has 0 radical (unpaired) electrons. The van der Waals surface area contributed by atoms with E-state index in [0.29, 0.717) is 17.9 Å². The first-order valence-electron chi connectivity index (χ1n) is 6.50. The zero-order valence-corrected chi connectivity index (χ0v) is 11.9. The SMILES string of the molecule is CC(C)C(C)N(C)c1nc(NN)nc2ccccc12. The van der Waals surface area contributed by atoms with Crippen LogP contribution in [0.15, 0.2) is 24.3 Å². The molecule has 0 aliphatic heterocycles. The summed E-state index contributed by atoms with van der Waals surface area (Å²) in [4.78, 5) is 11.0. The number of nitrogens with two attached hydrogens (primary N) is 1. The van der Waals surface area contributed by atoms with E-state index in [-0.39, 0.29) is 0 Å². The van der Waals surface area contributed by atoms with Crippen LogP contribution in [0.3, 0.4) is 0 Å². The number of nitrogen functional groups attached to an aromatic ring is 1. The molecule has 0 fully saturated rings. The normalized spacial score (nSPS) is 12.7. The number of nitrogens with zero attached hydrogens (tertiary/aromatic N) is 3. The minimum atomic E-state index is 0.379. The molecular weight excluding hydrogens is 238 g/mol. The van der Waals surface area contributed by atoms with Crippen molar-refractivity contribution < 1.29 is 0 Å². The van der Waals surface area contributed by atoms with E-state index in [1.165, 1.54) is 0 Å². The summed E-state index contributed by atoms with van der Waals surface area (Å²) in [5.41, 5.74) is 3.43. The third-order valence-corrected chi connectivity index (χ3v) is 3.62. The highest BCUT2D eigenvalue weighted by molar-refractivity contribution is 5.90. The van der Waals surface area contributed by atoms with Crippen molar-refractivity contribution in [3.8, 4) is 0 Å². The quantitative estimate of drug-likeness (QED) is 0.652. The van der Waals surface area contributed by atoms with Gasteiger partial charge in [-0.25, -0.2) is 10.8 Å². The number of nitrogens with one attached hydrogen (secondary N) is 1. The average molecular weight is 259 g/mol. The lowest BCUT2D eigenvalue weighted by Gasteiger charge is -2.30. The Morgan fingerprint density at radius 2 is 1.84 bits per heavy atom. The number of anilines is 2. The van der Waals surface area contributed by atoms with Gasteiger partial charge in [-0.15, -0.1) is 0 Å². The zero-order chi connectivity index (χ0) is 14.0.